The molecule has 5 heteroatoms. The Hall–Kier alpha value is -0.910. The van der Waals surface area contributed by atoms with Gasteiger partial charge in [-0.05, 0) is 56.8 Å². The molecule has 20 heavy (non-hydrogen) atoms. The molecule has 0 bridgehead atoms. The Labute approximate surface area is 124 Å². The molecule has 2 aliphatic rings. The quantitative estimate of drug-likeness (QED) is 0.886. The molecule has 2 N–H and O–H groups in total. The van der Waals surface area contributed by atoms with Crippen molar-refractivity contribution in [1.29, 1.82) is 0 Å². The first-order valence-electron chi connectivity index (χ1n) is 7.61. The van der Waals surface area contributed by atoms with Crippen LogP contribution in [0.25, 0.3) is 0 Å². The highest BCUT2D eigenvalue weighted by Gasteiger charge is 2.35. The summed E-state index contributed by atoms with van der Waals surface area (Å²) in [6.07, 6.45) is 4.52. The second-order valence-corrected chi connectivity index (χ2v) is 6.71. The highest BCUT2D eigenvalue weighted by Crippen LogP contribution is 2.24. The van der Waals surface area contributed by atoms with Crippen molar-refractivity contribution in [2.75, 3.05) is 19.6 Å². The molecule has 3 heterocycles. The number of thiophene rings is 1. The van der Waals surface area contributed by atoms with Gasteiger partial charge in [0.15, 0.2) is 0 Å². The van der Waals surface area contributed by atoms with E-state index in [9.17, 15) is 4.79 Å². The van der Waals surface area contributed by atoms with Crippen molar-refractivity contribution in [2.24, 2.45) is 0 Å². The third-order valence-electron chi connectivity index (χ3n) is 4.39. The molecule has 1 aromatic heterocycles. The second kappa shape index (κ2) is 6.70. The Kier molecular flexibility index (Phi) is 4.70. The maximum Gasteiger partial charge on any atom is 0.237 e. The molecule has 1 atom stereocenters. The SMILES string of the molecule is O=C(NCc1cccs1)C1CCCN1C1CCNCC1. The lowest BCUT2D eigenvalue weighted by molar-refractivity contribution is -0.126. The summed E-state index contributed by atoms with van der Waals surface area (Å²) in [6, 6.07) is 4.79. The van der Waals surface area contributed by atoms with Crippen LogP contribution in [0.15, 0.2) is 17.5 Å². The zero-order chi connectivity index (χ0) is 13.8. The number of nitrogens with one attached hydrogen (secondary N) is 2. The highest BCUT2D eigenvalue weighted by atomic mass is 32.1. The van der Waals surface area contributed by atoms with Gasteiger partial charge in [0.05, 0.1) is 12.6 Å². The van der Waals surface area contributed by atoms with Crippen molar-refractivity contribution >= 4 is 17.2 Å². The zero-order valence-corrected chi connectivity index (χ0v) is 12.6. The lowest BCUT2D eigenvalue weighted by Crippen LogP contribution is -2.50. The number of carbonyl (C=O) groups excluding carboxylic acids is 1. The molecule has 1 unspecified atom stereocenters. The summed E-state index contributed by atoms with van der Waals surface area (Å²) in [4.78, 5) is 16.1. The average Bonchev–Trinajstić information content (AvgIpc) is 3.17. The van der Waals surface area contributed by atoms with Gasteiger partial charge in [0.1, 0.15) is 0 Å². The molecule has 1 aromatic rings. The van der Waals surface area contributed by atoms with Crippen molar-refractivity contribution in [3.8, 4) is 0 Å². The van der Waals surface area contributed by atoms with Crippen LogP contribution < -0.4 is 10.6 Å². The largest absolute Gasteiger partial charge is 0.350 e. The number of amides is 1. The Balaban J connectivity index is 1.55. The van der Waals surface area contributed by atoms with E-state index < -0.39 is 0 Å². The summed E-state index contributed by atoms with van der Waals surface area (Å²) in [5.41, 5.74) is 0. The number of nitrogens with zero attached hydrogens (tertiary/aromatic N) is 1. The summed E-state index contributed by atoms with van der Waals surface area (Å²) < 4.78 is 0. The van der Waals surface area contributed by atoms with Crippen LogP contribution in [0.3, 0.4) is 0 Å². The molecule has 2 fully saturated rings. The molecular weight excluding hydrogens is 270 g/mol. The van der Waals surface area contributed by atoms with Gasteiger partial charge >= 0.3 is 0 Å². The lowest BCUT2D eigenvalue weighted by atomic mass is 10.0. The first kappa shape index (κ1) is 14.0. The third kappa shape index (κ3) is 3.22. The van der Waals surface area contributed by atoms with Gasteiger partial charge in [0.2, 0.25) is 5.91 Å². The summed E-state index contributed by atoms with van der Waals surface area (Å²) in [6.45, 7) is 3.93. The van der Waals surface area contributed by atoms with Gasteiger partial charge in [-0.15, -0.1) is 11.3 Å². The summed E-state index contributed by atoms with van der Waals surface area (Å²) >= 11 is 1.70. The second-order valence-electron chi connectivity index (χ2n) is 5.67. The number of hydrogen-bond acceptors (Lipinski definition) is 4. The fourth-order valence-electron chi connectivity index (χ4n) is 3.35. The first-order chi connectivity index (χ1) is 9.84. The molecule has 110 valence electrons. The van der Waals surface area contributed by atoms with E-state index in [1.165, 1.54) is 17.7 Å². The fraction of sp³-hybridized carbons (Fsp3) is 0.667. The van der Waals surface area contributed by atoms with Crippen molar-refractivity contribution < 1.29 is 4.79 Å². The van der Waals surface area contributed by atoms with Gasteiger partial charge in [-0.25, -0.2) is 0 Å². The van der Waals surface area contributed by atoms with Gasteiger partial charge in [0, 0.05) is 10.9 Å². The number of likely N-dealkylation sites (tertiary alicyclic amines) is 1. The van der Waals surface area contributed by atoms with E-state index in [2.05, 4.69) is 27.0 Å². The van der Waals surface area contributed by atoms with Gasteiger partial charge in [0.25, 0.3) is 0 Å². The normalized spacial score (nSPS) is 24.9. The highest BCUT2D eigenvalue weighted by molar-refractivity contribution is 7.09. The van der Waals surface area contributed by atoms with Crippen molar-refractivity contribution in [2.45, 2.75) is 44.3 Å². The van der Waals surface area contributed by atoms with Crippen LogP contribution in [-0.2, 0) is 11.3 Å². The molecule has 2 saturated heterocycles. The van der Waals surface area contributed by atoms with Crippen LogP contribution in [0, 0.1) is 0 Å². The molecule has 1 amide bonds. The van der Waals surface area contributed by atoms with Gasteiger partial charge in [-0.1, -0.05) is 6.07 Å². The monoisotopic (exact) mass is 293 g/mol. The first-order valence-corrected chi connectivity index (χ1v) is 8.49. The molecule has 3 rings (SSSR count). The number of carbonyl (C=O) groups is 1. The summed E-state index contributed by atoms with van der Waals surface area (Å²) in [5, 5.41) is 8.56. The fourth-order valence-corrected chi connectivity index (χ4v) is 4.00. The molecule has 0 radical (unpaired) electrons. The van der Waals surface area contributed by atoms with E-state index in [0.717, 1.165) is 32.5 Å². The molecule has 0 saturated carbocycles. The molecule has 4 nitrogen and oxygen atoms in total. The zero-order valence-electron chi connectivity index (χ0n) is 11.8. The van der Waals surface area contributed by atoms with Crippen LogP contribution in [0.1, 0.15) is 30.6 Å². The van der Waals surface area contributed by atoms with E-state index in [-0.39, 0.29) is 11.9 Å². The third-order valence-corrected chi connectivity index (χ3v) is 5.27. The summed E-state index contributed by atoms with van der Waals surface area (Å²) in [5.74, 6) is 0.217. The summed E-state index contributed by atoms with van der Waals surface area (Å²) in [7, 11) is 0. The maximum atomic E-state index is 12.4. The Morgan fingerprint density at radius 3 is 3.00 bits per heavy atom. The lowest BCUT2D eigenvalue weighted by Gasteiger charge is -2.35. The Bertz CT molecular complexity index is 428. The van der Waals surface area contributed by atoms with E-state index in [4.69, 9.17) is 0 Å². The number of hydrogen-bond donors (Lipinski definition) is 2. The van der Waals surface area contributed by atoms with E-state index in [1.54, 1.807) is 11.3 Å². The predicted molar refractivity (Wildman–Crippen MR) is 81.8 cm³/mol. The number of rotatable bonds is 4. The van der Waals surface area contributed by atoms with E-state index >= 15 is 0 Å². The minimum absolute atomic E-state index is 0.0954. The van der Waals surface area contributed by atoms with Crippen molar-refractivity contribution in [3.63, 3.8) is 0 Å². The van der Waals surface area contributed by atoms with Gasteiger partial charge in [-0.3, -0.25) is 9.69 Å². The van der Waals surface area contributed by atoms with E-state index in [0.29, 0.717) is 12.6 Å². The predicted octanol–water partition coefficient (Wildman–Crippen LogP) is 1.58. The van der Waals surface area contributed by atoms with E-state index in [1.807, 2.05) is 6.07 Å². The van der Waals surface area contributed by atoms with Gasteiger partial charge < -0.3 is 10.6 Å². The standard InChI is InChI=1S/C15H23N3OS/c19-15(17-11-13-3-2-10-20-13)14-4-1-9-18(14)12-5-7-16-8-6-12/h2-3,10,12,14,16H,1,4-9,11H2,(H,17,19). The molecule has 0 spiro atoms. The average molecular weight is 293 g/mol. The van der Waals surface area contributed by atoms with Crippen molar-refractivity contribution in [3.05, 3.63) is 22.4 Å². The molecular formula is C15H23N3OS. The number of piperidine rings is 1. The Morgan fingerprint density at radius 1 is 1.40 bits per heavy atom. The van der Waals surface area contributed by atoms with Crippen LogP contribution >= 0.6 is 11.3 Å². The van der Waals surface area contributed by atoms with Crippen LogP contribution in [0.5, 0.6) is 0 Å². The minimum atomic E-state index is 0.0954. The minimum Gasteiger partial charge on any atom is -0.350 e. The smallest absolute Gasteiger partial charge is 0.237 e. The molecule has 0 aliphatic carbocycles. The molecule has 0 aromatic carbocycles. The van der Waals surface area contributed by atoms with Crippen molar-refractivity contribution in [1.82, 2.24) is 15.5 Å². The van der Waals surface area contributed by atoms with Gasteiger partial charge in [-0.2, -0.15) is 0 Å². The molecule has 2 aliphatic heterocycles. The topological polar surface area (TPSA) is 44.4 Å². The van der Waals surface area contributed by atoms with Crippen LogP contribution in [-0.4, -0.2) is 42.5 Å². The maximum absolute atomic E-state index is 12.4. The van der Waals surface area contributed by atoms with Crippen LogP contribution in [0.4, 0.5) is 0 Å². The van der Waals surface area contributed by atoms with Crippen LogP contribution in [0.2, 0.25) is 0 Å². The Morgan fingerprint density at radius 2 is 2.25 bits per heavy atom.